The second-order valence-electron chi connectivity index (χ2n) is 5.66. The number of hydrogen-bond acceptors (Lipinski definition) is 3. The number of ether oxygens (including phenoxy) is 1. The fourth-order valence-electron chi connectivity index (χ4n) is 2.96. The van der Waals surface area contributed by atoms with Crippen LogP contribution < -0.4 is 10.5 Å². The van der Waals surface area contributed by atoms with Gasteiger partial charge in [0.1, 0.15) is 0 Å². The van der Waals surface area contributed by atoms with Crippen LogP contribution in [-0.4, -0.2) is 11.6 Å². The van der Waals surface area contributed by atoms with Crippen LogP contribution in [0.4, 0.5) is 0 Å². The quantitative estimate of drug-likeness (QED) is 0.922. The average molecular weight is 270 g/mol. The summed E-state index contributed by atoms with van der Waals surface area (Å²) in [5.41, 5.74) is 7.81. The lowest BCUT2D eigenvalue weighted by molar-refractivity contribution is 0.202. The molecule has 0 amide bonds. The second kappa shape index (κ2) is 6.23. The Kier molecular flexibility index (Phi) is 4.16. The smallest absolute Gasteiger partial charge is 0.218 e. The summed E-state index contributed by atoms with van der Waals surface area (Å²) in [6.07, 6.45) is 6.61. The maximum atomic E-state index is 5.98. The Balaban J connectivity index is 1.78. The van der Waals surface area contributed by atoms with Crippen molar-refractivity contribution in [1.82, 2.24) is 4.98 Å². The zero-order valence-electron chi connectivity index (χ0n) is 11.8. The summed E-state index contributed by atoms with van der Waals surface area (Å²) >= 11 is 0. The molecule has 0 saturated heterocycles. The third-order valence-electron chi connectivity index (χ3n) is 4.16. The van der Waals surface area contributed by atoms with Gasteiger partial charge in [0.25, 0.3) is 0 Å². The fourth-order valence-corrected chi connectivity index (χ4v) is 2.96. The molecule has 2 aromatic rings. The van der Waals surface area contributed by atoms with Crippen molar-refractivity contribution in [2.45, 2.75) is 38.6 Å². The molecule has 3 rings (SSSR count). The highest BCUT2D eigenvalue weighted by atomic mass is 16.5. The Hall–Kier alpha value is -1.61. The van der Waals surface area contributed by atoms with E-state index in [9.17, 15) is 0 Å². The molecule has 1 aromatic carbocycles. The Labute approximate surface area is 120 Å². The molecule has 1 saturated carbocycles. The number of fused-ring (bicyclic) bond motifs is 1. The summed E-state index contributed by atoms with van der Waals surface area (Å²) in [5.74, 6) is 1.40. The third kappa shape index (κ3) is 2.93. The van der Waals surface area contributed by atoms with Crippen LogP contribution in [0.5, 0.6) is 5.88 Å². The summed E-state index contributed by atoms with van der Waals surface area (Å²) in [4.78, 5) is 4.63. The lowest BCUT2D eigenvalue weighted by Crippen LogP contribution is -2.16. The molecule has 1 aromatic heterocycles. The van der Waals surface area contributed by atoms with Crippen molar-refractivity contribution in [3.8, 4) is 5.88 Å². The van der Waals surface area contributed by atoms with Crippen molar-refractivity contribution >= 4 is 10.9 Å². The van der Waals surface area contributed by atoms with E-state index < -0.39 is 0 Å². The predicted molar refractivity (Wildman–Crippen MR) is 81.7 cm³/mol. The minimum absolute atomic E-state index is 0.470. The van der Waals surface area contributed by atoms with Gasteiger partial charge in [-0.1, -0.05) is 37.5 Å². The molecule has 0 aliphatic heterocycles. The lowest BCUT2D eigenvalue weighted by Gasteiger charge is -2.22. The van der Waals surface area contributed by atoms with Crippen molar-refractivity contribution < 1.29 is 4.74 Å². The zero-order valence-corrected chi connectivity index (χ0v) is 11.8. The molecule has 0 radical (unpaired) electrons. The van der Waals surface area contributed by atoms with Gasteiger partial charge < -0.3 is 10.5 Å². The van der Waals surface area contributed by atoms with Gasteiger partial charge >= 0.3 is 0 Å². The number of pyridine rings is 1. The Morgan fingerprint density at radius 2 is 1.95 bits per heavy atom. The summed E-state index contributed by atoms with van der Waals surface area (Å²) in [7, 11) is 0. The summed E-state index contributed by atoms with van der Waals surface area (Å²) in [6, 6.07) is 10.2. The van der Waals surface area contributed by atoms with Crippen LogP contribution in [0.2, 0.25) is 0 Å². The van der Waals surface area contributed by atoms with Crippen LogP contribution in [0.1, 0.15) is 37.7 Å². The van der Waals surface area contributed by atoms with Crippen molar-refractivity contribution in [2.24, 2.45) is 11.7 Å². The van der Waals surface area contributed by atoms with Crippen molar-refractivity contribution in [2.75, 3.05) is 6.61 Å². The Bertz CT molecular complexity index is 576. The molecule has 2 N–H and O–H groups in total. The van der Waals surface area contributed by atoms with E-state index in [-0.39, 0.29) is 0 Å². The molecular formula is C17H22N2O. The minimum atomic E-state index is 0.470. The number of aromatic nitrogens is 1. The lowest BCUT2D eigenvalue weighted by atomic mass is 9.90. The Morgan fingerprint density at radius 1 is 1.15 bits per heavy atom. The van der Waals surface area contributed by atoms with Gasteiger partial charge in [-0.2, -0.15) is 0 Å². The van der Waals surface area contributed by atoms with Crippen LogP contribution in [0.3, 0.4) is 0 Å². The maximum Gasteiger partial charge on any atom is 0.218 e. The summed E-state index contributed by atoms with van der Waals surface area (Å²) < 4.78 is 5.98. The SMILES string of the molecule is NCc1cc2ccccc2nc1OCC1CCCCC1. The third-order valence-corrected chi connectivity index (χ3v) is 4.16. The van der Waals surface area contributed by atoms with Gasteiger partial charge in [-0.25, -0.2) is 4.98 Å². The highest BCUT2D eigenvalue weighted by Gasteiger charge is 2.15. The molecule has 3 heteroatoms. The van der Waals surface area contributed by atoms with E-state index in [1.807, 2.05) is 18.2 Å². The van der Waals surface area contributed by atoms with Crippen LogP contribution in [0.25, 0.3) is 10.9 Å². The van der Waals surface area contributed by atoms with Gasteiger partial charge in [-0.15, -0.1) is 0 Å². The Morgan fingerprint density at radius 3 is 2.75 bits per heavy atom. The van der Waals surface area contributed by atoms with Crippen LogP contribution in [0, 0.1) is 5.92 Å². The number of nitrogens with zero attached hydrogens (tertiary/aromatic N) is 1. The molecule has 3 nitrogen and oxygen atoms in total. The molecule has 0 atom stereocenters. The normalized spacial score (nSPS) is 16.4. The zero-order chi connectivity index (χ0) is 13.8. The highest BCUT2D eigenvalue weighted by Crippen LogP contribution is 2.26. The number of nitrogens with two attached hydrogens (primary N) is 1. The molecule has 1 aliphatic rings. The largest absolute Gasteiger partial charge is 0.477 e. The van der Waals surface area contributed by atoms with Gasteiger partial charge in [0.2, 0.25) is 5.88 Å². The summed E-state index contributed by atoms with van der Waals surface area (Å²) in [6.45, 7) is 1.25. The van der Waals surface area contributed by atoms with Crippen molar-refractivity contribution in [3.05, 3.63) is 35.9 Å². The molecule has 1 aliphatic carbocycles. The van der Waals surface area contributed by atoms with Crippen molar-refractivity contribution in [1.29, 1.82) is 0 Å². The van der Waals surface area contributed by atoms with Crippen LogP contribution >= 0.6 is 0 Å². The molecule has 20 heavy (non-hydrogen) atoms. The van der Waals surface area contributed by atoms with E-state index in [4.69, 9.17) is 10.5 Å². The topological polar surface area (TPSA) is 48.1 Å². The maximum absolute atomic E-state index is 5.98. The monoisotopic (exact) mass is 270 g/mol. The van der Waals surface area contributed by atoms with Gasteiger partial charge in [0.05, 0.1) is 12.1 Å². The molecular weight excluding hydrogens is 248 g/mol. The average Bonchev–Trinajstić information content (AvgIpc) is 2.53. The standard InChI is InChI=1S/C17H22N2O/c18-11-15-10-14-8-4-5-9-16(14)19-17(15)20-12-13-6-2-1-3-7-13/h4-5,8-10,13H,1-3,6-7,11-12,18H2. The van der Waals surface area contributed by atoms with Gasteiger partial charge in [0, 0.05) is 17.5 Å². The molecule has 0 bridgehead atoms. The first-order valence-electron chi connectivity index (χ1n) is 7.58. The molecule has 0 unspecified atom stereocenters. The number of benzene rings is 1. The van der Waals surface area contributed by atoms with E-state index >= 15 is 0 Å². The van der Waals surface area contributed by atoms with Crippen LogP contribution in [-0.2, 0) is 6.54 Å². The molecule has 0 spiro atoms. The number of rotatable bonds is 4. The van der Waals surface area contributed by atoms with E-state index in [2.05, 4.69) is 17.1 Å². The first-order chi connectivity index (χ1) is 9.86. The predicted octanol–water partition coefficient (Wildman–Crippen LogP) is 3.65. The second-order valence-corrected chi connectivity index (χ2v) is 5.66. The molecule has 106 valence electrons. The van der Waals surface area contributed by atoms with E-state index in [1.54, 1.807) is 0 Å². The van der Waals surface area contributed by atoms with Crippen LogP contribution in [0.15, 0.2) is 30.3 Å². The molecule has 1 fully saturated rings. The van der Waals surface area contributed by atoms with E-state index in [0.717, 1.165) is 29.0 Å². The molecule has 1 heterocycles. The van der Waals surface area contributed by atoms with Gasteiger partial charge in [0.15, 0.2) is 0 Å². The first-order valence-corrected chi connectivity index (χ1v) is 7.58. The number of hydrogen-bond donors (Lipinski definition) is 1. The highest BCUT2D eigenvalue weighted by molar-refractivity contribution is 5.80. The summed E-state index contributed by atoms with van der Waals surface area (Å²) in [5, 5.41) is 1.12. The van der Waals surface area contributed by atoms with Gasteiger partial charge in [-0.3, -0.25) is 0 Å². The number of para-hydroxylation sites is 1. The fraction of sp³-hybridized carbons (Fsp3) is 0.471. The minimum Gasteiger partial charge on any atom is -0.477 e. The van der Waals surface area contributed by atoms with E-state index in [0.29, 0.717) is 12.5 Å². The van der Waals surface area contributed by atoms with Gasteiger partial charge in [-0.05, 0) is 30.9 Å². The van der Waals surface area contributed by atoms with E-state index in [1.165, 1.54) is 32.1 Å². The van der Waals surface area contributed by atoms with Crippen molar-refractivity contribution in [3.63, 3.8) is 0 Å². The first kappa shape index (κ1) is 13.4.